The Balaban J connectivity index is 2.35. The van der Waals surface area contributed by atoms with E-state index in [1.807, 2.05) is 0 Å². The van der Waals surface area contributed by atoms with Crippen LogP contribution in [0.1, 0.15) is 12.8 Å². The molecule has 5 nitrogen and oxygen atoms in total. The number of hydrogen-bond donors (Lipinski definition) is 2. The molecule has 2 atom stereocenters. The molecule has 0 aliphatic carbocycles. The number of thiol groups is 1. The Morgan fingerprint density at radius 1 is 1.56 bits per heavy atom. The van der Waals surface area contributed by atoms with Crippen LogP contribution in [0.5, 0.6) is 0 Å². The van der Waals surface area contributed by atoms with Crippen LogP contribution in [0, 0.1) is 0 Å². The van der Waals surface area contributed by atoms with E-state index in [9.17, 15) is 14.4 Å². The van der Waals surface area contributed by atoms with Gasteiger partial charge in [0.25, 0.3) is 0 Å². The van der Waals surface area contributed by atoms with Gasteiger partial charge >= 0.3 is 0 Å². The molecular weight excluding hydrogens is 247 g/mol. The molecule has 2 unspecified atom stereocenters. The summed E-state index contributed by atoms with van der Waals surface area (Å²) in [6.45, 7) is 0.664. The van der Waals surface area contributed by atoms with Gasteiger partial charge in [0.2, 0.25) is 17.7 Å². The largest absolute Gasteiger partial charge is 0.355 e. The van der Waals surface area contributed by atoms with Crippen LogP contribution in [0.2, 0.25) is 0 Å². The fourth-order valence-electron chi connectivity index (χ4n) is 1.44. The van der Waals surface area contributed by atoms with Crippen LogP contribution in [0.25, 0.3) is 0 Å². The van der Waals surface area contributed by atoms with Gasteiger partial charge in [-0.2, -0.15) is 12.6 Å². The molecule has 3 amide bonds. The topological polar surface area (TPSA) is 66.5 Å². The zero-order chi connectivity index (χ0) is 12.1. The Morgan fingerprint density at radius 2 is 2.25 bits per heavy atom. The first-order valence-electron chi connectivity index (χ1n) is 5.03. The third-order valence-electron chi connectivity index (χ3n) is 2.28. The lowest BCUT2D eigenvalue weighted by Crippen LogP contribution is -2.35. The van der Waals surface area contributed by atoms with Crippen LogP contribution >= 0.6 is 21.9 Å². The summed E-state index contributed by atoms with van der Waals surface area (Å²) in [6, 6.07) is 0. The molecule has 1 saturated heterocycles. The van der Waals surface area contributed by atoms with Gasteiger partial charge in [-0.25, -0.2) is 0 Å². The normalized spacial score (nSPS) is 20.4. The zero-order valence-electron chi connectivity index (χ0n) is 8.81. The van der Waals surface area contributed by atoms with Crippen molar-refractivity contribution in [2.24, 2.45) is 0 Å². The summed E-state index contributed by atoms with van der Waals surface area (Å²) in [7, 11) is 2.34. The summed E-state index contributed by atoms with van der Waals surface area (Å²) in [6.07, 6.45) is 0.379. The first kappa shape index (κ1) is 13.5. The van der Waals surface area contributed by atoms with Crippen molar-refractivity contribution in [2.75, 3.05) is 18.8 Å². The number of carbonyl (C=O) groups excluding carboxylic acids is 3. The van der Waals surface area contributed by atoms with Gasteiger partial charge in [-0.3, -0.25) is 19.3 Å². The van der Waals surface area contributed by atoms with Crippen LogP contribution in [-0.4, -0.2) is 47.1 Å². The van der Waals surface area contributed by atoms with Crippen molar-refractivity contribution in [2.45, 2.75) is 18.5 Å². The predicted molar refractivity (Wildman–Crippen MR) is 66.3 cm³/mol. The third kappa shape index (κ3) is 3.46. The zero-order valence-corrected chi connectivity index (χ0v) is 10.9. The first-order chi connectivity index (χ1) is 7.56. The second kappa shape index (κ2) is 6.21. The number of nitrogens with one attached hydrogen (secondary N) is 1. The lowest BCUT2D eigenvalue weighted by molar-refractivity contribution is -0.138. The molecule has 0 radical (unpaired) electrons. The summed E-state index contributed by atoms with van der Waals surface area (Å²) in [5.41, 5.74) is -0.326. The van der Waals surface area contributed by atoms with Gasteiger partial charge in [-0.1, -0.05) is 0 Å². The number of rotatable bonds is 5. The molecule has 1 rings (SSSR count). The van der Waals surface area contributed by atoms with Crippen LogP contribution in [0.3, 0.4) is 0 Å². The standard InChI is InChI=1S/C9H15N2O3PS/c12-7(10-2-4-16)1-3-11-8(13)5-6(15)9(11)14/h6,16H,1-5,15H2,(H,10,12). The van der Waals surface area contributed by atoms with E-state index in [4.69, 9.17) is 0 Å². The molecule has 1 aliphatic heterocycles. The molecule has 1 fully saturated rings. The van der Waals surface area contributed by atoms with E-state index in [0.717, 1.165) is 4.90 Å². The maximum atomic E-state index is 11.5. The molecule has 90 valence electrons. The minimum Gasteiger partial charge on any atom is -0.355 e. The van der Waals surface area contributed by atoms with Crippen molar-refractivity contribution in [1.29, 1.82) is 0 Å². The number of nitrogens with zero attached hydrogens (tertiary/aromatic N) is 1. The van der Waals surface area contributed by atoms with E-state index in [0.29, 0.717) is 12.3 Å². The minimum absolute atomic E-state index is 0.155. The number of imide groups is 1. The molecular formula is C9H15N2O3PS. The van der Waals surface area contributed by atoms with E-state index >= 15 is 0 Å². The van der Waals surface area contributed by atoms with Crippen molar-refractivity contribution in [3.63, 3.8) is 0 Å². The van der Waals surface area contributed by atoms with Crippen molar-refractivity contribution in [3.8, 4) is 0 Å². The molecule has 7 heteroatoms. The smallest absolute Gasteiger partial charge is 0.236 e. The highest BCUT2D eigenvalue weighted by Gasteiger charge is 2.35. The van der Waals surface area contributed by atoms with Gasteiger partial charge in [-0.15, -0.1) is 9.24 Å². The predicted octanol–water partition coefficient (Wildman–Crippen LogP) is -0.575. The van der Waals surface area contributed by atoms with Crippen LogP contribution in [0.4, 0.5) is 0 Å². The van der Waals surface area contributed by atoms with E-state index in [-0.39, 0.29) is 42.8 Å². The lowest BCUT2D eigenvalue weighted by Gasteiger charge is -2.13. The quantitative estimate of drug-likeness (QED) is 0.396. The highest BCUT2D eigenvalue weighted by atomic mass is 32.1. The number of carbonyl (C=O) groups is 3. The van der Waals surface area contributed by atoms with E-state index < -0.39 is 0 Å². The molecule has 16 heavy (non-hydrogen) atoms. The van der Waals surface area contributed by atoms with E-state index in [2.05, 4.69) is 27.2 Å². The maximum Gasteiger partial charge on any atom is 0.236 e. The third-order valence-corrected chi connectivity index (χ3v) is 3.02. The van der Waals surface area contributed by atoms with Crippen molar-refractivity contribution < 1.29 is 14.4 Å². The van der Waals surface area contributed by atoms with Gasteiger partial charge < -0.3 is 5.32 Å². The summed E-state index contributed by atoms with van der Waals surface area (Å²) in [4.78, 5) is 35.3. The van der Waals surface area contributed by atoms with Gasteiger partial charge in [0.15, 0.2) is 0 Å². The summed E-state index contributed by atoms with van der Waals surface area (Å²) in [5.74, 6) is -0.00749. The number of likely N-dealkylation sites (tertiary alicyclic amines) is 1. The Morgan fingerprint density at radius 3 is 2.75 bits per heavy atom. The molecule has 0 spiro atoms. The monoisotopic (exact) mass is 262 g/mol. The molecule has 0 aromatic rings. The molecule has 1 N–H and O–H groups in total. The maximum absolute atomic E-state index is 11.5. The molecule has 0 aromatic carbocycles. The molecule has 0 saturated carbocycles. The van der Waals surface area contributed by atoms with Gasteiger partial charge in [0.1, 0.15) is 0 Å². The van der Waals surface area contributed by atoms with Crippen molar-refractivity contribution >= 4 is 39.6 Å². The molecule has 1 aliphatic rings. The summed E-state index contributed by atoms with van der Waals surface area (Å²) < 4.78 is 0. The number of hydrogen-bond acceptors (Lipinski definition) is 4. The van der Waals surface area contributed by atoms with Gasteiger partial charge in [0.05, 0.1) is 5.66 Å². The van der Waals surface area contributed by atoms with Crippen molar-refractivity contribution in [1.82, 2.24) is 10.2 Å². The summed E-state index contributed by atoms with van der Waals surface area (Å²) >= 11 is 3.95. The molecule has 0 aromatic heterocycles. The van der Waals surface area contributed by atoms with Gasteiger partial charge in [-0.05, 0) is 0 Å². The highest BCUT2D eigenvalue weighted by Crippen LogP contribution is 2.19. The van der Waals surface area contributed by atoms with E-state index in [1.165, 1.54) is 0 Å². The average molecular weight is 262 g/mol. The molecule has 1 heterocycles. The van der Waals surface area contributed by atoms with Crippen LogP contribution in [-0.2, 0) is 14.4 Å². The Labute approximate surface area is 102 Å². The van der Waals surface area contributed by atoms with Crippen LogP contribution in [0.15, 0.2) is 0 Å². The van der Waals surface area contributed by atoms with Crippen molar-refractivity contribution in [3.05, 3.63) is 0 Å². The second-order valence-corrected chi connectivity index (χ2v) is 4.77. The number of amides is 3. The summed E-state index contributed by atoms with van der Waals surface area (Å²) in [5, 5.41) is 2.63. The Bertz CT molecular complexity index is 311. The highest BCUT2D eigenvalue weighted by molar-refractivity contribution is 7.80. The Hall–Kier alpha value is -0.610. The fourth-order valence-corrected chi connectivity index (χ4v) is 1.93. The Kier molecular flexibility index (Phi) is 5.22. The lowest BCUT2D eigenvalue weighted by atomic mass is 10.3. The second-order valence-electron chi connectivity index (χ2n) is 3.52. The SMILES string of the molecule is O=C(CCN1C(=O)CC(P)C1=O)NCCS. The van der Waals surface area contributed by atoms with Crippen LogP contribution < -0.4 is 5.32 Å². The van der Waals surface area contributed by atoms with E-state index in [1.54, 1.807) is 0 Å². The van der Waals surface area contributed by atoms with Gasteiger partial charge in [0, 0.05) is 31.7 Å². The fraction of sp³-hybridized carbons (Fsp3) is 0.667. The molecule has 0 bridgehead atoms. The first-order valence-corrected chi connectivity index (χ1v) is 6.33. The minimum atomic E-state index is -0.326. The average Bonchev–Trinajstić information content (AvgIpc) is 2.48.